The van der Waals surface area contributed by atoms with E-state index in [-0.39, 0.29) is 5.91 Å². The number of carbonyl (C=O) groups excluding carboxylic acids is 1. The average Bonchev–Trinajstić information content (AvgIpc) is 2.84. The zero-order valence-electron chi connectivity index (χ0n) is 18.8. The molecule has 0 bridgehead atoms. The Morgan fingerprint density at radius 2 is 1.94 bits per heavy atom. The molecule has 2 aliphatic heterocycles. The largest absolute Gasteiger partial charge is 0.380 e. The number of fused-ring (bicyclic) bond motifs is 1. The van der Waals surface area contributed by atoms with Crippen LogP contribution in [-0.2, 0) is 10.6 Å². The van der Waals surface area contributed by atoms with Gasteiger partial charge in [0, 0.05) is 54.3 Å². The van der Waals surface area contributed by atoms with Gasteiger partial charge in [0.15, 0.2) is 0 Å². The molecule has 0 spiro atoms. The molecule has 3 aromatic rings. The van der Waals surface area contributed by atoms with Gasteiger partial charge in [-0.2, -0.15) is 0 Å². The lowest BCUT2D eigenvalue weighted by Gasteiger charge is -2.37. The van der Waals surface area contributed by atoms with Crippen molar-refractivity contribution in [3.8, 4) is 0 Å². The Morgan fingerprint density at radius 3 is 2.71 bits per heavy atom. The first-order valence-electron chi connectivity index (χ1n) is 11.0. The molecule has 1 atom stereocenters. The molecular formula is C25H26N8O. The van der Waals surface area contributed by atoms with E-state index in [4.69, 9.17) is 4.99 Å². The third-order valence-corrected chi connectivity index (χ3v) is 5.80. The fraction of sp³-hybridized carbons (Fsp3) is 0.200. The first-order valence-corrected chi connectivity index (χ1v) is 11.0. The monoisotopic (exact) mass is 454 g/mol. The van der Waals surface area contributed by atoms with Crippen LogP contribution < -0.4 is 21.3 Å². The maximum Gasteiger partial charge on any atom is 0.250 e. The van der Waals surface area contributed by atoms with Crippen LogP contribution in [0.1, 0.15) is 11.3 Å². The van der Waals surface area contributed by atoms with Crippen LogP contribution in [0.15, 0.2) is 78.7 Å². The number of rotatable bonds is 7. The Hall–Kier alpha value is -4.24. The Morgan fingerprint density at radius 1 is 1.15 bits per heavy atom. The molecular weight excluding hydrogens is 428 g/mol. The molecule has 4 heterocycles. The van der Waals surface area contributed by atoms with Crippen LogP contribution in [0.5, 0.6) is 0 Å². The molecule has 34 heavy (non-hydrogen) atoms. The summed E-state index contributed by atoms with van der Waals surface area (Å²) < 4.78 is 0. The van der Waals surface area contributed by atoms with Gasteiger partial charge in [0.2, 0.25) is 11.7 Å². The lowest BCUT2D eigenvalue weighted by molar-refractivity contribution is -0.111. The average molecular weight is 455 g/mol. The lowest BCUT2D eigenvalue weighted by Crippen LogP contribution is -2.52. The maximum absolute atomic E-state index is 11.8. The molecule has 4 N–H and O–H groups in total. The summed E-state index contributed by atoms with van der Waals surface area (Å²) in [7, 11) is 2.11. The normalized spacial score (nSPS) is 19.3. The summed E-state index contributed by atoms with van der Waals surface area (Å²) in [6.07, 6.45) is 8.13. The Bertz CT molecular complexity index is 1240. The fourth-order valence-electron chi connectivity index (χ4n) is 4.06. The zero-order chi connectivity index (χ0) is 23.5. The van der Waals surface area contributed by atoms with Crippen molar-refractivity contribution in [2.24, 2.45) is 4.99 Å². The predicted octanol–water partition coefficient (Wildman–Crippen LogP) is 3.09. The maximum atomic E-state index is 11.8. The van der Waals surface area contributed by atoms with Gasteiger partial charge >= 0.3 is 0 Å². The summed E-state index contributed by atoms with van der Waals surface area (Å²) in [5.41, 5.74) is 4.85. The number of aromatic nitrogens is 2. The van der Waals surface area contributed by atoms with Crippen LogP contribution in [0.4, 0.5) is 22.7 Å². The van der Waals surface area contributed by atoms with Gasteiger partial charge in [-0.3, -0.25) is 14.8 Å². The molecule has 1 aromatic carbocycles. The minimum Gasteiger partial charge on any atom is -0.380 e. The SMILES string of the molecule is C=CC(=O)Nc1ccnc(C2(Nc3ccc(NC4CN(C)C4)cc3)N=Cc3ccncc3N2)c1. The number of carbonyl (C=O) groups is 1. The quantitative estimate of drug-likeness (QED) is 0.407. The van der Waals surface area contributed by atoms with Crippen LogP contribution in [0.3, 0.4) is 0 Å². The summed E-state index contributed by atoms with van der Waals surface area (Å²) in [6, 6.07) is 14.0. The number of nitrogens with zero attached hydrogens (tertiary/aromatic N) is 4. The highest BCUT2D eigenvalue weighted by Gasteiger charge is 2.36. The van der Waals surface area contributed by atoms with Crippen molar-refractivity contribution in [1.82, 2.24) is 14.9 Å². The van der Waals surface area contributed by atoms with Crippen molar-refractivity contribution in [2.45, 2.75) is 11.8 Å². The van der Waals surface area contributed by atoms with Crippen LogP contribution >= 0.6 is 0 Å². The molecule has 2 aliphatic rings. The molecule has 1 amide bonds. The van der Waals surface area contributed by atoms with Gasteiger partial charge < -0.3 is 26.2 Å². The number of aliphatic imine (C=N–C) groups is 1. The number of amides is 1. The Labute approximate surface area is 198 Å². The molecule has 172 valence electrons. The molecule has 0 aliphatic carbocycles. The van der Waals surface area contributed by atoms with Gasteiger partial charge in [0.1, 0.15) is 5.69 Å². The highest BCUT2D eigenvalue weighted by atomic mass is 16.1. The van der Waals surface area contributed by atoms with E-state index < -0.39 is 5.79 Å². The van der Waals surface area contributed by atoms with E-state index >= 15 is 0 Å². The molecule has 1 unspecified atom stereocenters. The number of likely N-dealkylation sites (N-methyl/N-ethyl adjacent to an activating group) is 1. The van der Waals surface area contributed by atoms with E-state index in [1.807, 2.05) is 30.3 Å². The third kappa shape index (κ3) is 4.46. The van der Waals surface area contributed by atoms with Crippen molar-refractivity contribution < 1.29 is 4.79 Å². The summed E-state index contributed by atoms with van der Waals surface area (Å²) in [5.74, 6) is -1.40. The second-order valence-corrected chi connectivity index (χ2v) is 8.44. The molecule has 5 rings (SSSR count). The predicted molar refractivity (Wildman–Crippen MR) is 135 cm³/mol. The molecule has 0 saturated carbocycles. The van der Waals surface area contributed by atoms with Gasteiger partial charge in [-0.15, -0.1) is 0 Å². The second kappa shape index (κ2) is 8.95. The molecule has 9 heteroatoms. The summed E-state index contributed by atoms with van der Waals surface area (Å²) in [6.45, 7) is 5.59. The number of anilines is 4. The minimum absolute atomic E-state index is 0.297. The zero-order valence-corrected chi connectivity index (χ0v) is 18.8. The van der Waals surface area contributed by atoms with Crippen LogP contribution in [0, 0.1) is 0 Å². The molecule has 0 radical (unpaired) electrons. The van der Waals surface area contributed by atoms with Gasteiger partial charge in [0.05, 0.1) is 17.9 Å². The van der Waals surface area contributed by atoms with E-state index in [9.17, 15) is 4.79 Å². The number of likely N-dealkylation sites (tertiary alicyclic amines) is 1. The summed E-state index contributed by atoms with van der Waals surface area (Å²) >= 11 is 0. The number of pyridine rings is 2. The van der Waals surface area contributed by atoms with Crippen molar-refractivity contribution in [1.29, 1.82) is 0 Å². The lowest BCUT2D eigenvalue weighted by atomic mass is 10.1. The minimum atomic E-state index is -1.10. The van der Waals surface area contributed by atoms with E-state index in [2.05, 4.69) is 49.8 Å². The number of hydrogen-bond acceptors (Lipinski definition) is 8. The van der Waals surface area contributed by atoms with Gasteiger partial charge in [-0.05, 0) is 55.6 Å². The molecule has 1 fully saturated rings. The first-order chi connectivity index (χ1) is 16.5. The van der Waals surface area contributed by atoms with Crippen molar-refractivity contribution in [2.75, 3.05) is 41.4 Å². The van der Waals surface area contributed by atoms with E-state index in [1.54, 1.807) is 36.9 Å². The Balaban J connectivity index is 1.44. The van der Waals surface area contributed by atoms with Gasteiger partial charge in [0.25, 0.3) is 0 Å². The summed E-state index contributed by atoms with van der Waals surface area (Å²) in [4.78, 5) is 27.7. The fourth-order valence-corrected chi connectivity index (χ4v) is 4.06. The van der Waals surface area contributed by atoms with E-state index in [0.717, 1.165) is 35.7 Å². The smallest absolute Gasteiger partial charge is 0.250 e. The van der Waals surface area contributed by atoms with E-state index in [0.29, 0.717) is 17.4 Å². The highest BCUT2D eigenvalue weighted by Crippen LogP contribution is 2.34. The standard InChI is InChI=1S/C25H26N8O/c1-3-24(34)30-20-9-11-27-23(12-20)25(28-13-17-8-10-26-14-22(17)32-25)31-19-6-4-18(5-7-19)29-21-15-33(2)16-21/h3-14,21,29,31-32H,1,15-16H2,2H3,(H,27,30,34). The number of nitrogens with one attached hydrogen (secondary N) is 4. The first kappa shape index (κ1) is 21.6. The van der Waals surface area contributed by atoms with Crippen molar-refractivity contribution in [3.05, 3.63) is 85.0 Å². The van der Waals surface area contributed by atoms with Crippen molar-refractivity contribution >= 4 is 34.9 Å². The second-order valence-electron chi connectivity index (χ2n) is 8.44. The third-order valence-electron chi connectivity index (χ3n) is 5.80. The number of hydrogen-bond donors (Lipinski definition) is 4. The molecule has 9 nitrogen and oxygen atoms in total. The van der Waals surface area contributed by atoms with Crippen LogP contribution in [0.2, 0.25) is 0 Å². The van der Waals surface area contributed by atoms with Gasteiger partial charge in [-0.1, -0.05) is 6.58 Å². The number of benzene rings is 1. The summed E-state index contributed by atoms with van der Waals surface area (Å²) in [5, 5.41) is 13.3. The topological polar surface area (TPSA) is 107 Å². The highest BCUT2D eigenvalue weighted by molar-refractivity contribution is 5.99. The van der Waals surface area contributed by atoms with E-state index in [1.165, 1.54) is 6.08 Å². The van der Waals surface area contributed by atoms with Crippen LogP contribution in [0.25, 0.3) is 0 Å². The Kier molecular flexibility index (Phi) is 5.69. The van der Waals surface area contributed by atoms with Crippen LogP contribution in [-0.4, -0.2) is 53.2 Å². The molecule has 2 aromatic heterocycles. The van der Waals surface area contributed by atoms with Gasteiger partial charge in [-0.25, -0.2) is 4.99 Å². The van der Waals surface area contributed by atoms with Crippen molar-refractivity contribution in [3.63, 3.8) is 0 Å². The molecule has 1 saturated heterocycles.